The van der Waals surface area contributed by atoms with Gasteiger partial charge >= 0.3 is 0 Å². The molecule has 7 nitrogen and oxygen atoms in total. The van der Waals surface area contributed by atoms with E-state index in [1.54, 1.807) is 0 Å². The minimum Gasteiger partial charge on any atom is -0.853 e. The zero-order valence-corrected chi connectivity index (χ0v) is 14.6. The molecule has 1 fully saturated rings. The van der Waals surface area contributed by atoms with Crippen molar-refractivity contribution in [2.45, 2.75) is 56.4 Å². The summed E-state index contributed by atoms with van der Waals surface area (Å²) in [7, 11) is 0. The molecule has 27 heavy (non-hydrogen) atoms. The van der Waals surface area contributed by atoms with Crippen molar-refractivity contribution in [2.24, 2.45) is 11.8 Å². The van der Waals surface area contributed by atoms with E-state index in [1.807, 2.05) is 13.8 Å². The molecule has 0 radical (unpaired) electrons. The zero-order chi connectivity index (χ0) is 17.8. The summed E-state index contributed by atoms with van der Waals surface area (Å²) in [5.74, 6) is 0.401. The second-order valence-electron chi connectivity index (χ2n) is 5.08. The Balaban J connectivity index is -0.0000000673. The number of hydrogen-bond donors (Lipinski definition) is 2. The summed E-state index contributed by atoms with van der Waals surface area (Å²) in [5.41, 5.74) is 0. The predicted molar refractivity (Wildman–Crippen MR) is 111 cm³/mol. The van der Waals surface area contributed by atoms with Gasteiger partial charge < -0.3 is 34.6 Å². The van der Waals surface area contributed by atoms with Crippen molar-refractivity contribution < 1.29 is 34.6 Å². The third kappa shape index (κ3) is 41.3. The number of aliphatic hydroxyl groups excluding tert-OH is 2. The molecule has 1 aliphatic heterocycles. The average molecular weight is 403 g/mol. The Labute approximate surface area is 169 Å². The maximum absolute atomic E-state index is 10.1. The van der Waals surface area contributed by atoms with Crippen LogP contribution in [0.2, 0.25) is 0 Å². The first-order valence-corrected chi connectivity index (χ1v) is 8.31. The zero-order valence-electron chi connectivity index (χ0n) is 14.6. The van der Waals surface area contributed by atoms with Crippen molar-refractivity contribution in [3.8, 4) is 0 Å². The minimum atomic E-state index is -0.197. The fourth-order valence-corrected chi connectivity index (χ4v) is 1.22. The van der Waals surface area contributed by atoms with Crippen LogP contribution in [-0.4, -0.2) is 76.3 Å². The van der Waals surface area contributed by atoms with Crippen molar-refractivity contribution in [3.05, 3.63) is 0 Å². The highest BCUT2D eigenvalue weighted by Crippen LogP contribution is 2.03. The first-order chi connectivity index (χ1) is 11.2. The maximum Gasteiger partial charge on any atom is 0.0701 e. The molecule has 7 heteroatoms. The van der Waals surface area contributed by atoms with E-state index in [1.165, 1.54) is 0 Å². The lowest BCUT2D eigenvalue weighted by molar-refractivity contribution is -0.375. The fourth-order valence-electron chi connectivity index (χ4n) is 1.22. The van der Waals surface area contributed by atoms with Crippen molar-refractivity contribution >= 4 is 0 Å². The van der Waals surface area contributed by atoms with Crippen LogP contribution in [0.4, 0.5) is 0 Å². The molecular weight excluding hydrogens is 352 g/mol. The normalized spacial score (nSPS) is 10.7. The molecule has 1 heterocycles. The van der Waals surface area contributed by atoms with Gasteiger partial charge in [0.05, 0.1) is 26.4 Å². The van der Waals surface area contributed by atoms with E-state index in [-0.39, 0.29) is 75.3 Å². The van der Waals surface area contributed by atoms with Crippen LogP contribution < -0.4 is 10.2 Å². The highest BCUT2D eigenvalue weighted by molar-refractivity contribution is 4.54. The van der Waals surface area contributed by atoms with Gasteiger partial charge in [0.25, 0.3) is 0 Å². The summed E-state index contributed by atoms with van der Waals surface area (Å²) in [4.78, 5) is 0. The molecular formula is C20H50O7-2. The van der Waals surface area contributed by atoms with E-state index in [0.717, 1.165) is 26.1 Å². The molecule has 1 aliphatic rings. The largest absolute Gasteiger partial charge is 0.853 e. The van der Waals surface area contributed by atoms with Gasteiger partial charge in [-0.1, -0.05) is 43.6 Å². The molecule has 1 rings (SSSR count). The Bertz CT molecular complexity index is 183. The number of hydrogen-bond acceptors (Lipinski definition) is 7. The summed E-state index contributed by atoms with van der Waals surface area (Å²) in [6.07, 6.45) is 1.80. The van der Waals surface area contributed by atoms with E-state index < -0.39 is 0 Å². The predicted octanol–water partition coefficient (Wildman–Crippen LogP) is 1.32. The molecule has 0 atom stereocenters. The quantitative estimate of drug-likeness (QED) is 0.373. The highest BCUT2D eigenvalue weighted by Gasteiger charge is 2.05. The van der Waals surface area contributed by atoms with Gasteiger partial charge in [0.15, 0.2) is 0 Å². The van der Waals surface area contributed by atoms with Gasteiger partial charge in [-0.3, -0.25) is 0 Å². The molecule has 2 N–H and O–H groups in total. The standard InChI is InChI=1S/C9H18O4.C5H12O2.C2H4O.4CH4/c1-2-9(7-12-5-3-10)8-13-6-4-11;1-2-5(3-6)4-7;1-2-3-1;;;;/h9H,2-8H2,1H3;5-7H,2-4H2,1H3;1-2H2;4*1H4/q-2;;;;;;. The van der Waals surface area contributed by atoms with E-state index in [4.69, 9.17) is 19.7 Å². The minimum absolute atomic E-state index is 0. The number of epoxide rings is 1. The van der Waals surface area contributed by atoms with Crippen molar-refractivity contribution in [2.75, 3.05) is 66.1 Å². The Morgan fingerprint density at radius 2 is 1.11 bits per heavy atom. The van der Waals surface area contributed by atoms with E-state index in [9.17, 15) is 10.2 Å². The highest BCUT2D eigenvalue weighted by atomic mass is 16.6. The average Bonchev–Trinajstić information content (AvgIpc) is 3.45. The Hall–Kier alpha value is -0.280. The summed E-state index contributed by atoms with van der Waals surface area (Å²) >= 11 is 0. The van der Waals surface area contributed by atoms with Crippen LogP contribution in [-0.2, 0) is 14.2 Å². The topological polar surface area (TPSA) is 118 Å². The molecule has 0 saturated carbocycles. The Kier molecular flexibility index (Phi) is 55.8. The van der Waals surface area contributed by atoms with E-state index >= 15 is 0 Å². The van der Waals surface area contributed by atoms with Crippen molar-refractivity contribution in [1.82, 2.24) is 0 Å². The van der Waals surface area contributed by atoms with E-state index in [0.29, 0.717) is 19.1 Å². The van der Waals surface area contributed by atoms with E-state index in [2.05, 4.69) is 4.74 Å². The molecule has 174 valence electrons. The number of aliphatic hydroxyl groups is 2. The summed E-state index contributed by atoms with van der Waals surface area (Å²) in [5, 5.41) is 36.9. The van der Waals surface area contributed by atoms with Crippen LogP contribution in [0.25, 0.3) is 0 Å². The van der Waals surface area contributed by atoms with Gasteiger partial charge in [-0.05, 0) is 12.8 Å². The van der Waals surface area contributed by atoms with Crippen molar-refractivity contribution in [1.29, 1.82) is 0 Å². The number of ether oxygens (including phenoxy) is 3. The van der Waals surface area contributed by atoms with Gasteiger partial charge in [-0.2, -0.15) is 0 Å². The molecule has 0 aromatic rings. The summed E-state index contributed by atoms with van der Waals surface area (Å²) in [6.45, 7) is 7.42. The summed E-state index contributed by atoms with van der Waals surface area (Å²) < 4.78 is 14.7. The lowest BCUT2D eigenvalue weighted by atomic mass is 10.1. The van der Waals surface area contributed by atoms with Gasteiger partial charge in [0.1, 0.15) is 0 Å². The molecule has 1 saturated heterocycles. The summed E-state index contributed by atoms with van der Waals surface area (Å²) in [6, 6.07) is 0. The number of rotatable bonds is 12. The maximum atomic E-state index is 10.1. The monoisotopic (exact) mass is 402 g/mol. The van der Waals surface area contributed by atoms with Gasteiger partial charge in [-0.25, -0.2) is 0 Å². The molecule has 0 aliphatic carbocycles. The first kappa shape index (κ1) is 41.2. The SMILES string of the molecule is C.C.C.C.C1CO1.CCC(CO)CO.CCC(COCC[O-])COCC[O-]. The van der Waals surface area contributed by atoms with Crippen LogP contribution in [0, 0.1) is 11.8 Å². The van der Waals surface area contributed by atoms with Crippen LogP contribution in [0.5, 0.6) is 0 Å². The second kappa shape index (κ2) is 36.6. The third-order valence-corrected chi connectivity index (χ3v) is 3.04. The van der Waals surface area contributed by atoms with Gasteiger partial charge in [-0.15, -0.1) is 13.2 Å². The smallest absolute Gasteiger partial charge is 0.0701 e. The molecule has 0 bridgehead atoms. The third-order valence-electron chi connectivity index (χ3n) is 3.04. The molecule has 0 unspecified atom stereocenters. The second-order valence-corrected chi connectivity index (χ2v) is 5.08. The van der Waals surface area contributed by atoms with Crippen LogP contribution in [0.1, 0.15) is 56.4 Å². The van der Waals surface area contributed by atoms with Crippen molar-refractivity contribution in [3.63, 3.8) is 0 Å². The Morgan fingerprint density at radius 3 is 1.26 bits per heavy atom. The lowest BCUT2D eigenvalue weighted by Crippen LogP contribution is -2.22. The van der Waals surface area contributed by atoms with Gasteiger partial charge in [0, 0.05) is 38.3 Å². The van der Waals surface area contributed by atoms with Crippen LogP contribution >= 0.6 is 0 Å². The van der Waals surface area contributed by atoms with Crippen LogP contribution in [0.3, 0.4) is 0 Å². The fraction of sp³-hybridized carbons (Fsp3) is 1.00. The van der Waals surface area contributed by atoms with Crippen LogP contribution in [0.15, 0.2) is 0 Å². The van der Waals surface area contributed by atoms with Gasteiger partial charge in [0.2, 0.25) is 0 Å². The first-order valence-electron chi connectivity index (χ1n) is 8.31. The molecule has 0 spiro atoms. The molecule has 0 amide bonds. The lowest BCUT2D eigenvalue weighted by Gasteiger charge is -2.16. The molecule has 0 aromatic heterocycles. The Morgan fingerprint density at radius 1 is 0.778 bits per heavy atom. The molecule has 0 aromatic carbocycles.